The summed E-state index contributed by atoms with van der Waals surface area (Å²) in [5, 5.41) is 5.70. The molecule has 4 nitrogen and oxygen atoms in total. The number of carbonyl (C=O) groups is 1. The smallest absolute Gasteiger partial charge is 0.315 e. The summed E-state index contributed by atoms with van der Waals surface area (Å²) < 4.78 is 6.11. The van der Waals surface area contributed by atoms with Crippen LogP contribution in [0, 0.1) is 0 Å². The van der Waals surface area contributed by atoms with Crippen LogP contribution in [-0.2, 0) is 13.0 Å². The lowest BCUT2D eigenvalue weighted by molar-refractivity contribution is 0.240. The van der Waals surface area contributed by atoms with Gasteiger partial charge in [-0.3, -0.25) is 0 Å². The summed E-state index contributed by atoms with van der Waals surface area (Å²) in [5.41, 5.74) is 2.21. The fourth-order valence-corrected chi connectivity index (χ4v) is 2.42. The van der Waals surface area contributed by atoms with Crippen LogP contribution in [0.2, 0.25) is 0 Å². The molecule has 0 bridgehead atoms. The van der Waals surface area contributed by atoms with Crippen LogP contribution in [0.4, 0.5) is 4.79 Å². The topological polar surface area (TPSA) is 50.4 Å². The molecule has 2 amide bonds. The van der Waals surface area contributed by atoms with Crippen molar-refractivity contribution in [1.29, 1.82) is 0 Å². The van der Waals surface area contributed by atoms with Gasteiger partial charge in [0.05, 0.1) is 7.11 Å². The Morgan fingerprint density at radius 3 is 2.50 bits per heavy atom. The molecule has 0 saturated heterocycles. The van der Waals surface area contributed by atoms with Gasteiger partial charge < -0.3 is 15.4 Å². The van der Waals surface area contributed by atoms with Crippen molar-refractivity contribution in [3.63, 3.8) is 0 Å². The maximum Gasteiger partial charge on any atom is 0.315 e. The lowest BCUT2D eigenvalue weighted by Gasteiger charge is -2.09. The standard InChI is InChI=1S/C17H19BrN2O2/c1-22-15-8-6-13(7-9-15)10-11-19-17(21)20-12-14-4-2-3-5-16(14)18/h2-9H,10-12H2,1H3,(H2,19,20,21). The van der Waals surface area contributed by atoms with Crippen LogP contribution < -0.4 is 15.4 Å². The minimum atomic E-state index is -0.163. The van der Waals surface area contributed by atoms with Gasteiger partial charge >= 0.3 is 6.03 Å². The van der Waals surface area contributed by atoms with Crippen LogP contribution in [0.1, 0.15) is 11.1 Å². The summed E-state index contributed by atoms with van der Waals surface area (Å²) in [7, 11) is 1.64. The number of hydrogen-bond donors (Lipinski definition) is 2. The van der Waals surface area contributed by atoms with Crippen LogP contribution in [0.5, 0.6) is 5.75 Å². The molecule has 2 aromatic rings. The van der Waals surface area contributed by atoms with Crippen LogP contribution >= 0.6 is 15.9 Å². The Bertz CT molecular complexity index is 614. The number of urea groups is 1. The van der Waals surface area contributed by atoms with Crippen molar-refractivity contribution in [2.45, 2.75) is 13.0 Å². The number of rotatable bonds is 6. The highest BCUT2D eigenvalue weighted by Crippen LogP contribution is 2.15. The zero-order valence-corrected chi connectivity index (χ0v) is 14.0. The third-order valence-corrected chi connectivity index (χ3v) is 4.03. The van der Waals surface area contributed by atoms with Gasteiger partial charge in [0.2, 0.25) is 0 Å². The van der Waals surface area contributed by atoms with E-state index in [0.29, 0.717) is 13.1 Å². The normalized spacial score (nSPS) is 10.1. The number of carbonyl (C=O) groups excluding carboxylic acids is 1. The number of hydrogen-bond acceptors (Lipinski definition) is 2. The predicted octanol–water partition coefficient (Wildman–Crippen LogP) is 3.50. The molecule has 0 aliphatic carbocycles. The molecule has 116 valence electrons. The second kappa shape index (κ2) is 8.44. The molecule has 0 aromatic heterocycles. The third kappa shape index (κ3) is 5.07. The van der Waals surface area contributed by atoms with Crippen LogP contribution in [0.3, 0.4) is 0 Å². The number of nitrogens with one attached hydrogen (secondary N) is 2. The molecule has 0 fully saturated rings. The zero-order chi connectivity index (χ0) is 15.8. The first kappa shape index (κ1) is 16.4. The molecule has 0 atom stereocenters. The largest absolute Gasteiger partial charge is 0.497 e. The second-order valence-corrected chi connectivity index (χ2v) is 5.65. The molecule has 0 aliphatic heterocycles. The molecular formula is C17H19BrN2O2. The molecule has 2 aromatic carbocycles. The molecule has 5 heteroatoms. The average molecular weight is 363 g/mol. The Kier molecular flexibility index (Phi) is 6.27. The summed E-state index contributed by atoms with van der Waals surface area (Å²) >= 11 is 3.46. The van der Waals surface area contributed by atoms with Gasteiger partial charge in [-0.25, -0.2) is 4.79 Å². The van der Waals surface area contributed by atoms with Crippen LogP contribution in [0.25, 0.3) is 0 Å². The van der Waals surface area contributed by atoms with Gasteiger partial charge in [-0.1, -0.05) is 46.3 Å². The van der Waals surface area contributed by atoms with E-state index < -0.39 is 0 Å². The van der Waals surface area contributed by atoms with E-state index in [1.54, 1.807) is 7.11 Å². The molecule has 0 radical (unpaired) electrons. The van der Waals surface area contributed by atoms with Gasteiger partial charge in [-0.15, -0.1) is 0 Å². The maximum atomic E-state index is 11.8. The molecule has 2 N–H and O–H groups in total. The van der Waals surface area contributed by atoms with Gasteiger partial charge in [0, 0.05) is 17.6 Å². The van der Waals surface area contributed by atoms with Crippen molar-refractivity contribution in [3.05, 3.63) is 64.1 Å². The predicted molar refractivity (Wildman–Crippen MR) is 91.1 cm³/mol. The quantitative estimate of drug-likeness (QED) is 0.826. The average Bonchev–Trinajstić information content (AvgIpc) is 2.55. The summed E-state index contributed by atoms with van der Waals surface area (Å²) in [4.78, 5) is 11.8. The Hall–Kier alpha value is -2.01. The SMILES string of the molecule is COc1ccc(CCNC(=O)NCc2ccccc2Br)cc1. The first-order chi connectivity index (χ1) is 10.7. The van der Waals surface area contributed by atoms with Gasteiger partial charge in [0.25, 0.3) is 0 Å². The fourth-order valence-electron chi connectivity index (χ4n) is 1.99. The summed E-state index contributed by atoms with van der Waals surface area (Å²) in [6.45, 7) is 1.09. The van der Waals surface area contributed by atoms with E-state index >= 15 is 0 Å². The zero-order valence-electron chi connectivity index (χ0n) is 12.4. The molecule has 0 spiro atoms. The van der Waals surface area contributed by atoms with Crippen molar-refractivity contribution >= 4 is 22.0 Å². The van der Waals surface area contributed by atoms with Crippen molar-refractivity contribution in [1.82, 2.24) is 10.6 Å². The van der Waals surface area contributed by atoms with Crippen LogP contribution in [-0.4, -0.2) is 19.7 Å². The lowest BCUT2D eigenvalue weighted by Crippen LogP contribution is -2.36. The van der Waals surface area contributed by atoms with E-state index in [1.165, 1.54) is 0 Å². The number of ether oxygens (including phenoxy) is 1. The van der Waals surface area contributed by atoms with E-state index in [-0.39, 0.29) is 6.03 Å². The van der Waals surface area contributed by atoms with Gasteiger partial charge in [-0.2, -0.15) is 0 Å². The molecule has 0 unspecified atom stereocenters. The van der Waals surface area contributed by atoms with E-state index in [9.17, 15) is 4.79 Å². The Morgan fingerprint density at radius 2 is 1.82 bits per heavy atom. The summed E-state index contributed by atoms with van der Waals surface area (Å²) in [5.74, 6) is 0.836. The van der Waals surface area contributed by atoms with Crippen LogP contribution in [0.15, 0.2) is 53.0 Å². The molecule has 0 saturated carbocycles. The van der Waals surface area contributed by atoms with E-state index in [0.717, 1.165) is 27.8 Å². The van der Waals surface area contributed by atoms with Gasteiger partial charge in [0.15, 0.2) is 0 Å². The van der Waals surface area contributed by atoms with Crippen molar-refractivity contribution in [3.8, 4) is 5.75 Å². The van der Waals surface area contributed by atoms with Crippen molar-refractivity contribution in [2.75, 3.05) is 13.7 Å². The van der Waals surface area contributed by atoms with Crippen molar-refractivity contribution < 1.29 is 9.53 Å². The number of halogens is 1. The van der Waals surface area contributed by atoms with E-state index in [4.69, 9.17) is 4.74 Å². The molecule has 0 aliphatic rings. The number of benzene rings is 2. The third-order valence-electron chi connectivity index (χ3n) is 3.26. The van der Waals surface area contributed by atoms with Gasteiger partial charge in [-0.05, 0) is 35.7 Å². The Balaban J connectivity index is 1.70. The monoisotopic (exact) mass is 362 g/mol. The van der Waals surface area contributed by atoms with E-state index in [1.807, 2.05) is 48.5 Å². The summed E-state index contributed by atoms with van der Waals surface area (Å²) in [6.07, 6.45) is 0.784. The Morgan fingerprint density at radius 1 is 1.09 bits per heavy atom. The highest BCUT2D eigenvalue weighted by atomic mass is 79.9. The maximum absolute atomic E-state index is 11.8. The first-order valence-corrected chi connectivity index (χ1v) is 7.86. The molecule has 0 heterocycles. The second-order valence-electron chi connectivity index (χ2n) is 4.80. The Labute approximate surface area is 139 Å². The van der Waals surface area contributed by atoms with Gasteiger partial charge in [0.1, 0.15) is 5.75 Å². The highest BCUT2D eigenvalue weighted by molar-refractivity contribution is 9.10. The number of methoxy groups -OCH3 is 1. The fraction of sp³-hybridized carbons (Fsp3) is 0.235. The minimum Gasteiger partial charge on any atom is -0.497 e. The molecular weight excluding hydrogens is 344 g/mol. The van der Waals surface area contributed by atoms with E-state index in [2.05, 4.69) is 26.6 Å². The molecule has 2 rings (SSSR count). The minimum absolute atomic E-state index is 0.163. The first-order valence-electron chi connectivity index (χ1n) is 7.07. The lowest BCUT2D eigenvalue weighted by atomic mass is 10.1. The molecule has 22 heavy (non-hydrogen) atoms. The number of amides is 2. The van der Waals surface area contributed by atoms with Crippen molar-refractivity contribution in [2.24, 2.45) is 0 Å². The highest BCUT2D eigenvalue weighted by Gasteiger charge is 2.02. The summed E-state index contributed by atoms with van der Waals surface area (Å²) in [6, 6.07) is 15.5.